The molecule has 0 aliphatic carbocycles. The molecule has 0 saturated heterocycles. The fraction of sp³-hybridized carbons (Fsp3) is 0. The molecule has 0 radical (unpaired) electrons. The second-order valence-electron chi connectivity index (χ2n) is 2.31. The van der Waals surface area contributed by atoms with E-state index < -0.39 is 0 Å². The summed E-state index contributed by atoms with van der Waals surface area (Å²) in [5, 5.41) is 4.06. The van der Waals surface area contributed by atoms with Gasteiger partial charge in [-0.2, -0.15) is 0 Å². The second-order valence-corrected chi connectivity index (χ2v) is 2.31. The average Bonchev–Trinajstić information content (AvgIpc) is 2.85. The van der Waals surface area contributed by atoms with Gasteiger partial charge in [0.15, 0.2) is 0 Å². The quantitative estimate of drug-likeness (QED) is 0.597. The lowest BCUT2D eigenvalue weighted by atomic mass is 10.2. The van der Waals surface area contributed by atoms with E-state index in [0.29, 0.717) is 0 Å². The van der Waals surface area contributed by atoms with Crippen molar-refractivity contribution < 1.29 is 0 Å². The predicted molar refractivity (Wildman–Crippen MR) is 42.1 cm³/mol. The van der Waals surface area contributed by atoms with Crippen LogP contribution < -0.4 is 0 Å². The molecule has 3 nitrogen and oxygen atoms in total. The van der Waals surface area contributed by atoms with Crippen LogP contribution in [0.3, 0.4) is 0 Å². The van der Waals surface area contributed by atoms with E-state index in [9.17, 15) is 4.91 Å². The van der Waals surface area contributed by atoms with Crippen LogP contribution in [0.15, 0.2) is 41.8 Å². The Morgan fingerprint density at radius 3 is 2.45 bits per heavy atom. The van der Waals surface area contributed by atoms with E-state index >= 15 is 0 Å². The molecule has 3 heteroatoms. The molecule has 2 rings (SSSR count). The molecule has 0 amide bonds. The van der Waals surface area contributed by atoms with Crippen LogP contribution in [0.5, 0.6) is 0 Å². The molecule has 1 aliphatic rings. The molecule has 0 aromatic heterocycles. The average molecular weight is 146 g/mol. The largest absolute Gasteiger partial charge is 0.200 e. The Morgan fingerprint density at radius 2 is 1.91 bits per heavy atom. The molecule has 1 aromatic carbocycles. The zero-order valence-electron chi connectivity index (χ0n) is 5.77. The topological polar surface area (TPSA) is 32.4 Å². The van der Waals surface area contributed by atoms with Gasteiger partial charge in [0.25, 0.3) is 0 Å². The number of nitrogens with zero attached hydrogens (tertiary/aromatic N) is 2. The molecule has 0 saturated carbocycles. The fourth-order valence-electron chi connectivity index (χ4n) is 0.970. The Kier molecular flexibility index (Phi) is 1.22. The summed E-state index contributed by atoms with van der Waals surface area (Å²) in [7, 11) is 0. The van der Waals surface area contributed by atoms with E-state index in [4.69, 9.17) is 0 Å². The molecule has 1 aliphatic heterocycles. The molecule has 0 unspecified atom stereocenters. The highest BCUT2D eigenvalue weighted by Crippen LogP contribution is 2.31. The molecular formula is C8H6N2O. The van der Waals surface area contributed by atoms with Gasteiger partial charge in [0.05, 0.1) is 17.2 Å². The molecule has 11 heavy (non-hydrogen) atoms. The molecule has 0 spiro atoms. The van der Waals surface area contributed by atoms with Crippen molar-refractivity contribution >= 4 is 5.70 Å². The zero-order chi connectivity index (χ0) is 7.68. The Morgan fingerprint density at radius 1 is 1.18 bits per heavy atom. The van der Waals surface area contributed by atoms with Crippen molar-refractivity contribution in [2.24, 2.45) is 5.29 Å². The third kappa shape index (κ3) is 1.00. The first-order valence-electron chi connectivity index (χ1n) is 3.31. The number of hydrogen-bond acceptors (Lipinski definition) is 2. The summed E-state index contributed by atoms with van der Waals surface area (Å²) in [6.07, 6.45) is 1.70. The minimum absolute atomic E-state index is 0.889. The van der Waals surface area contributed by atoms with Crippen LogP contribution >= 0.6 is 0 Å². The van der Waals surface area contributed by atoms with Crippen molar-refractivity contribution in [3.8, 4) is 0 Å². The van der Waals surface area contributed by atoms with Crippen LogP contribution in [0, 0.1) is 4.91 Å². The van der Waals surface area contributed by atoms with E-state index in [2.05, 4.69) is 5.29 Å². The third-order valence-corrected chi connectivity index (χ3v) is 1.58. The summed E-state index contributed by atoms with van der Waals surface area (Å²) in [4.78, 5) is 9.97. The standard InChI is InChI=1S/C8H6N2O/c11-9-10-6-8(10)7-4-2-1-3-5-7/h1-6H. The van der Waals surface area contributed by atoms with Crippen molar-refractivity contribution in [3.05, 3.63) is 47.0 Å². The molecule has 0 bridgehead atoms. The Hall–Kier alpha value is -1.64. The molecular weight excluding hydrogens is 140 g/mol. The van der Waals surface area contributed by atoms with E-state index in [-0.39, 0.29) is 0 Å². The molecule has 1 aromatic rings. The maximum absolute atomic E-state index is 9.97. The lowest BCUT2D eigenvalue weighted by Gasteiger charge is -1.92. The summed E-state index contributed by atoms with van der Waals surface area (Å²) >= 11 is 0. The van der Waals surface area contributed by atoms with Crippen LogP contribution in [0.25, 0.3) is 5.70 Å². The Labute approximate surface area is 63.9 Å². The summed E-state index contributed by atoms with van der Waals surface area (Å²) in [6, 6.07) is 9.67. The second kappa shape index (κ2) is 2.20. The van der Waals surface area contributed by atoms with Crippen LogP contribution in [-0.4, -0.2) is 5.01 Å². The first-order chi connectivity index (χ1) is 5.42. The normalized spacial score (nSPS) is 14.2. The first-order valence-corrected chi connectivity index (χ1v) is 3.31. The van der Waals surface area contributed by atoms with Crippen molar-refractivity contribution in [2.75, 3.05) is 0 Å². The van der Waals surface area contributed by atoms with Gasteiger partial charge >= 0.3 is 0 Å². The first kappa shape index (κ1) is 6.09. The zero-order valence-corrected chi connectivity index (χ0v) is 5.77. The van der Waals surface area contributed by atoms with Crippen LogP contribution in [0.2, 0.25) is 0 Å². The summed E-state index contributed by atoms with van der Waals surface area (Å²) in [5.74, 6) is 0. The summed E-state index contributed by atoms with van der Waals surface area (Å²) in [5.41, 5.74) is 1.92. The van der Waals surface area contributed by atoms with Gasteiger partial charge in [-0.1, -0.05) is 30.3 Å². The van der Waals surface area contributed by atoms with E-state index in [1.807, 2.05) is 30.3 Å². The maximum atomic E-state index is 9.97. The number of nitroso groups, excluding NO2 is 1. The summed E-state index contributed by atoms with van der Waals surface area (Å²) in [6.45, 7) is 0. The predicted octanol–water partition coefficient (Wildman–Crippen LogP) is 1.98. The lowest BCUT2D eigenvalue weighted by Crippen LogP contribution is -1.84. The highest BCUT2D eigenvalue weighted by Gasteiger charge is 2.22. The molecule has 54 valence electrons. The van der Waals surface area contributed by atoms with Crippen LogP contribution in [-0.2, 0) is 0 Å². The lowest BCUT2D eigenvalue weighted by molar-refractivity contribution is 0.667. The van der Waals surface area contributed by atoms with Crippen LogP contribution in [0.1, 0.15) is 5.56 Å². The van der Waals surface area contributed by atoms with Crippen molar-refractivity contribution in [2.45, 2.75) is 0 Å². The van der Waals surface area contributed by atoms with Gasteiger partial charge in [0.1, 0.15) is 0 Å². The highest BCUT2D eigenvalue weighted by molar-refractivity contribution is 5.73. The Balaban J connectivity index is 2.21. The smallest absolute Gasteiger partial charge is 0.0935 e. The summed E-state index contributed by atoms with van der Waals surface area (Å²) < 4.78 is 0. The fourth-order valence-corrected chi connectivity index (χ4v) is 0.970. The van der Waals surface area contributed by atoms with Gasteiger partial charge in [-0.25, -0.2) is 5.01 Å². The molecule has 1 heterocycles. The third-order valence-electron chi connectivity index (χ3n) is 1.58. The Bertz CT molecular complexity index is 305. The molecule has 0 atom stereocenters. The van der Waals surface area contributed by atoms with Crippen molar-refractivity contribution in [1.82, 2.24) is 5.01 Å². The molecule has 0 N–H and O–H groups in total. The van der Waals surface area contributed by atoms with Gasteiger partial charge in [0.2, 0.25) is 0 Å². The number of benzene rings is 1. The van der Waals surface area contributed by atoms with Gasteiger partial charge in [0, 0.05) is 5.56 Å². The van der Waals surface area contributed by atoms with Gasteiger partial charge in [-0.15, -0.1) is 4.91 Å². The number of rotatable bonds is 2. The number of hydrogen-bond donors (Lipinski definition) is 0. The minimum atomic E-state index is 0.889. The van der Waals surface area contributed by atoms with E-state index in [1.165, 1.54) is 5.01 Å². The monoisotopic (exact) mass is 146 g/mol. The van der Waals surface area contributed by atoms with E-state index in [1.54, 1.807) is 6.20 Å². The molecule has 0 fully saturated rings. The highest BCUT2D eigenvalue weighted by atomic mass is 16.3. The van der Waals surface area contributed by atoms with E-state index in [0.717, 1.165) is 11.3 Å². The maximum Gasteiger partial charge on any atom is 0.0935 e. The van der Waals surface area contributed by atoms with Gasteiger partial charge < -0.3 is 0 Å². The minimum Gasteiger partial charge on any atom is -0.200 e. The van der Waals surface area contributed by atoms with Gasteiger partial charge in [-0.05, 0) is 0 Å². The van der Waals surface area contributed by atoms with Crippen molar-refractivity contribution in [3.63, 3.8) is 0 Å². The van der Waals surface area contributed by atoms with Gasteiger partial charge in [-0.3, -0.25) is 0 Å². The van der Waals surface area contributed by atoms with Crippen molar-refractivity contribution in [1.29, 1.82) is 0 Å². The SMILES string of the molecule is O=NN1C=C1c1ccccc1. The van der Waals surface area contributed by atoms with Crippen LogP contribution in [0.4, 0.5) is 0 Å².